The molecule has 0 fully saturated rings. The fourth-order valence-electron chi connectivity index (χ4n) is 3.14. The molecule has 0 saturated carbocycles. The molecule has 1 unspecified atom stereocenters. The minimum atomic E-state index is -5.09. The van der Waals surface area contributed by atoms with Crippen molar-refractivity contribution >= 4 is 41.8 Å². The van der Waals surface area contributed by atoms with Gasteiger partial charge in [-0.1, -0.05) is 43.1 Å². The van der Waals surface area contributed by atoms with Crippen LogP contribution in [0.4, 0.5) is 22.0 Å². The van der Waals surface area contributed by atoms with Crippen molar-refractivity contribution in [2.24, 2.45) is 5.92 Å². The molecule has 2 aromatic rings. The van der Waals surface area contributed by atoms with E-state index in [1.807, 2.05) is 0 Å². The summed E-state index contributed by atoms with van der Waals surface area (Å²) in [6, 6.07) is 4.10. The average molecular weight is 502 g/mol. The molecular weight excluding hydrogens is 484 g/mol. The summed E-state index contributed by atoms with van der Waals surface area (Å²) in [5, 5.41) is -1.05. The molecule has 170 valence electrons. The third kappa shape index (κ3) is 5.62. The minimum Gasteiger partial charge on any atom is -0.465 e. The first kappa shape index (κ1) is 25.7. The van der Waals surface area contributed by atoms with Gasteiger partial charge in [-0.05, 0) is 35.6 Å². The number of pyridine rings is 1. The van der Waals surface area contributed by atoms with Gasteiger partial charge in [-0.2, -0.15) is 25.8 Å². The number of hydrogen-bond donors (Lipinski definition) is 1. The van der Waals surface area contributed by atoms with E-state index in [1.54, 1.807) is 13.8 Å². The molecule has 0 aliphatic carbocycles. The number of alkyl halides is 5. The highest BCUT2D eigenvalue weighted by Gasteiger charge is 2.42. The molecule has 0 aliphatic rings. The first-order valence-corrected chi connectivity index (χ1v) is 10.2. The maximum atomic E-state index is 13.9. The van der Waals surface area contributed by atoms with E-state index in [9.17, 15) is 26.7 Å². The molecule has 0 bridgehead atoms. The Kier molecular flexibility index (Phi) is 8.21. The number of hydrogen-bond acceptors (Lipinski definition) is 4. The van der Waals surface area contributed by atoms with Crippen LogP contribution in [-0.2, 0) is 17.3 Å². The quantitative estimate of drug-likeness (QED) is 0.255. The fourth-order valence-corrected chi connectivity index (χ4v) is 3.88. The van der Waals surface area contributed by atoms with Crippen molar-refractivity contribution in [3.63, 3.8) is 0 Å². The monoisotopic (exact) mass is 501 g/mol. The summed E-state index contributed by atoms with van der Waals surface area (Å²) < 4.78 is 73.8. The van der Waals surface area contributed by atoms with Crippen molar-refractivity contribution in [3.8, 4) is 0 Å². The molecule has 1 aromatic heterocycles. The molecule has 31 heavy (non-hydrogen) atoms. The molecule has 0 spiro atoms. The number of carbonyl (C=O) groups excluding carboxylic acids is 1. The largest absolute Gasteiger partial charge is 0.465 e. The van der Waals surface area contributed by atoms with Crippen molar-refractivity contribution in [1.82, 2.24) is 4.98 Å². The molecule has 1 heterocycles. The van der Waals surface area contributed by atoms with Crippen LogP contribution in [0, 0.1) is 5.92 Å². The number of ether oxygens (including phenoxy) is 1. The zero-order valence-corrected chi connectivity index (χ0v) is 18.9. The van der Waals surface area contributed by atoms with Crippen LogP contribution in [0.3, 0.4) is 0 Å². The first-order valence-electron chi connectivity index (χ1n) is 8.92. The van der Waals surface area contributed by atoms with E-state index in [4.69, 9.17) is 23.2 Å². The van der Waals surface area contributed by atoms with Gasteiger partial charge in [0.2, 0.25) is 0 Å². The van der Waals surface area contributed by atoms with Crippen LogP contribution in [-0.4, -0.2) is 18.1 Å². The Labute approximate surface area is 191 Å². The molecular formula is C20H18Cl2F5NO2S. The number of benzene rings is 1. The molecule has 0 aliphatic heterocycles. The fraction of sp³-hybridized carbons (Fsp3) is 0.400. The molecule has 0 amide bonds. The average Bonchev–Trinajstić information content (AvgIpc) is 2.66. The highest BCUT2D eigenvalue weighted by molar-refractivity contribution is 7.80. The summed E-state index contributed by atoms with van der Waals surface area (Å²) in [6.45, 7) is 3.35. The van der Waals surface area contributed by atoms with Gasteiger partial charge in [0.15, 0.2) is 0 Å². The Hall–Kier alpha value is -1.58. The number of rotatable bonds is 6. The van der Waals surface area contributed by atoms with Crippen molar-refractivity contribution in [3.05, 3.63) is 61.9 Å². The van der Waals surface area contributed by atoms with E-state index in [-0.39, 0.29) is 33.5 Å². The van der Waals surface area contributed by atoms with E-state index in [1.165, 1.54) is 18.2 Å². The van der Waals surface area contributed by atoms with E-state index >= 15 is 0 Å². The van der Waals surface area contributed by atoms with Gasteiger partial charge in [-0.15, -0.1) is 0 Å². The molecule has 3 nitrogen and oxygen atoms in total. The Balaban J connectivity index is 2.99. The van der Waals surface area contributed by atoms with E-state index in [0.29, 0.717) is 0 Å². The van der Waals surface area contributed by atoms with Crippen LogP contribution in [0.25, 0.3) is 0 Å². The van der Waals surface area contributed by atoms with Gasteiger partial charge in [0.25, 0.3) is 6.43 Å². The van der Waals surface area contributed by atoms with Crippen molar-refractivity contribution in [1.29, 1.82) is 0 Å². The lowest BCUT2D eigenvalue weighted by atomic mass is 9.87. The summed E-state index contributed by atoms with van der Waals surface area (Å²) in [5.74, 6) is -1.49. The summed E-state index contributed by atoms with van der Waals surface area (Å²) in [7, 11) is 0.950. The van der Waals surface area contributed by atoms with Crippen LogP contribution in [0.2, 0.25) is 10.0 Å². The van der Waals surface area contributed by atoms with Gasteiger partial charge in [0.05, 0.1) is 28.0 Å². The number of methoxy groups -OCH3 is 1. The van der Waals surface area contributed by atoms with Gasteiger partial charge in [-0.3, -0.25) is 0 Å². The maximum Gasteiger partial charge on any atom is 0.433 e. The molecule has 1 atom stereocenters. The van der Waals surface area contributed by atoms with Crippen LogP contribution >= 0.6 is 35.8 Å². The SMILES string of the molecule is COC(=O)c1c(C(F)F)nc(C(F)(F)F)c(C(S)c2ccc(Cl)c(Cl)c2)c1CC(C)C. The minimum absolute atomic E-state index is 0.0718. The molecule has 0 radical (unpaired) electrons. The predicted molar refractivity (Wildman–Crippen MR) is 111 cm³/mol. The van der Waals surface area contributed by atoms with Crippen LogP contribution < -0.4 is 0 Å². The van der Waals surface area contributed by atoms with Crippen molar-refractivity contribution in [2.45, 2.75) is 38.1 Å². The zero-order chi connectivity index (χ0) is 23.7. The number of thiol groups is 1. The molecule has 0 N–H and O–H groups in total. The number of halogens is 7. The van der Waals surface area contributed by atoms with E-state index in [0.717, 1.165) is 7.11 Å². The van der Waals surface area contributed by atoms with Gasteiger partial charge in [-0.25, -0.2) is 18.6 Å². The second kappa shape index (κ2) is 9.92. The molecule has 2 rings (SSSR count). The lowest BCUT2D eigenvalue weighted by Crippen LogP contribution is -2.23. The highest BCUT2D eigenvalue weighted by atomic mass is 35.5. The lowest BCUT2D eigenvalue weighted by molar-refractivity contribution is -0.142. The van der Waals surface area contributed by atoms with Crippen LogP contribution in [0.15, 0.2) is 18.2 Å². The van der Waals surface area contributed by atoms with E-state index < -0.39 is 46.3 Å². The number of carbonyl (C=O) groups is 1. The number of esters is 1. The second-order valence-corrected chi connectivity index (χ2v) is 8.41. The van der Waals surface area contributed by atoms with Gasteiger partial charge < -0.3 is 4.74 Å². The van der Waals surface area contributed by atoms with Gasteiger partial charge in [0.1, 0.15) is 11.4 Å². The lowest BCUT2D eigenvalue weighted by Gasteiger charge is -2.25. The molecule has 1 aromatic carbocycles. The highest BCUT2D eigenvalue weighted by Crippen LogP contribution is 2.44. The summed E-state index contributed by atoms with van der Waals surface area (Å²) >= 11 is 16.2. The Morgan fingerprint density at radius 2 is 1.81 bits per heavy atom. The topological polar surface area (TPSA) is 39.2 Å². The van der Waals surface area contributed by atoms with Gasteiger partial charge in [0, 0.05) is 5.56 Å². The van der Waals surface area contributed by atoms with Crippen molar-refractivity contribution in [2.75, 3.05) is 7.11 Å². The predicted octanol–water partition coefficient (Wildman–Crippen LogP) is 7.35. The Bertz CT molecular complexity index is 983. The zero-order valence-electron chi connectivity index (χ0n) is 16.5. The molecule has 11 heteroatoms. The second-order valence-electron chi connectivity index (χ2n) is 7.08. The smallest absolute Gasteiger partial charge is 0.433 e. The standard InChI is InChI=1S/C20H18Cl2F5NO2S/c1-8(2)6-10-13(19(29)30-3)15(18(23)24)28-17(20(25,26)27)14(10)16(31)9-4-5-11(21)12(22)7-9/h4-5,7-8,16,18,31H,6H2,1-3H3. The van der Waals surface area contributed by atoms with E-state index in [2.05, 4.69) is 22.3 Å². The van der Waals surface area contributed by atoms with Crippen LogP contribution in [0.5, 0.6) is 0 Å². The number of nitrogens with zero attached hydrogens (tertiary/aromatic N) is 1. The third-order valence-electron chi connectivity index (χ3n) is 4.38. The van der Waals surface area contributed by atoms with Gasteiger partial charge >= 0.3 is 12.1 Å². The number of aromatic nitrogens is 1. The first-order chi connectivity index (χ1) is 14.3. The van der Waals surface area contributed by atoms with Crippen LogP contribution in [0.1, 0.15) is 64.0 Å². The van der Waals surface area contributed by atoms with Crippen molar-refractivity contribution < 1.29 is 31.5 Å². The molecule has 0 saturated heterocycles. The summed E-state index contributed by atoms with van der Waals surface area (Å²) in [4.78, 5) is 15.6. The summed E-state index contributed by atoms with van der Waals surface area (Å²) in [5.41, 5.74) is -4.05. The Morgan fingerprint density at radius 3 is 2.26 bits per heavy atom. The Morgan fingerprint density at radius 1 is 1.19 bits per heavy atom. The third-order valence-corrected chi connectivity index (χ3v) is 5.68. The summed E-state index contributed by atoms with van der Waals surface area (Å²) in [6.07, 6.45) is -8.64. The maximum absolute atomic E-state index is 13.9. The normalized spacial score (nSPS) is 13.1.